The van der Waals surface area contributed by atoms with Crippen molar-refractivity contribution in [3.05, 3.63) is 94.6 Å². The van der Waals surface area contributed by atoms with Gasteiger partial charge in [-0.3, -0.25) is 9.59 Å². The van der Waals surface area contributed by atoms with Gasteiger partial charge in [0.15, 0.2) is 23.0 Å². The van der Waals surface area contributed by atoms with Gasteiger partial charge in [0.05, 0.1) is 25.3 Å². The minimum Gasteiger partial charge on any atom is -0.503 e. The van der Waals surface area contributed by atoms with E-state index in [0.717, 1.165) is 18.4 Å². The molecule has 36 heavy (non-hydrogen) atoms. The van der Waals surface area contributed by atoms with Gasteiger partial charge in [0.2, 0.25) is 5.78 Å². The van der Waals surface area contributed by atoms with E-state index >= 15 is 0 Å². The van der Waals surface area contributed by atoms with Crippen molar-refractivity contribution in [2.75, 3.05) is 20.3 Å². The molecule has 1 aliphatic rings. The van der Waals surface area contributed by atoms with Crippen molar-refractivity contribution in [2.45, 2.75) is 39.2 Å². The summed E-state index contributed by atoms with van der Waals surface area (Å²) in [5.41, 5.74) is 1.66. The summed E-state index contributed by atoms with van der Waals surface area (Å²) in [5, 5.41) is 10.9. The first-order valence-corrected chi connectivity index (χ1v) is 12.1. The third kappa shape index (κ3) is 5.15. The molecule has 1 aromatic heterocycles. The van der Waals surface area contributed by atoms with Crippen LogP contribution in [-0.4, -0.2) is 42.0 Å². The van der Waals surface area contributed by atoms with Crippen LogP contribution in [0.1, 0.15) is 53.2 Å². The summed E-state index contributed by atoms with van der Waals surface area (Å²) >= 11 is 0. The Bertz CT molecular complexity index is 1260. The average molecular weight is 490 g/mol. The molecule has 188 valence electrons. The molecule has 1 unspecified atom stereocenters. The summed E-state index contributed by atoms with van der Waals surface area (Å²) in [5.74, 6) is 0.0324. The molecular formula is C29H31NO6. The zero-order chi connectivity index (χ0) is 25.7. The lowest BCUT2D eigenvalue weighted by Crippen LogP contribution is -2.33. The van der Waals surface area contributed by atoms with Crippen molar-refractivity contribution in [2.24, 2.45) is 0 Å². The van der Waals surface area contributed by atoms with Crippen molar-refractivity contribution in [3.63, 3.8) is 0 Å². The fraction of sp³-hybridized carbons (Fsp3) is 0.310. The van der Waals surface area contributed by atoms with Crippen LogP contribution >= 0.6 is 0 Å². The lowest BCUT2D eigenvalue weighted by atomic mass is 9.94. The van der Waals surface area contributed by atoms with Gasteiger partial charge in [-0.25, -0.2) is 0 Å². The van der Waals surface area contributed by atoms with E-state index in [1.54, 1.807) is 44.4 Å². The van der Waals surface area contributed by atoms with Crippen LogP contribution in [-0.2, 0) is 11.2 Å². The maximum Gasteiger partial charge on any atom is 0.290 e. The fourth-order valence-electron chi connectivity index (χ4n) is 4.35. The minimum absolute atomic E-state index is 0.0101. The molecule has 2 aromatic carbocycles. The lowest BCUT2D eigenvalue weighted by Gasteiger charge is -2.27. The summed E-state index contributed by atoms with van der Waals surface area (Å²) < 4.78 is 17.0. The average Bonchev–Trinajstić information content (AvgIpc) is 3.44. The minimum atomic E-state index is -0.808. The first-order chi connectivity index (χ1) is 17.4. The quantitative estimate of drug-likeness (QED) is 0.279. The maximum atomic E-state index is 13.5. The molecule has 0 spiro atoms. The number of ether oxygens (including phenoxy) is 2. The van der Waals surface area contributed by atoms with Crippen molar-refractivity contribution in [3.8, 4) is 11.5 Å². The highest BCUT2D eigenvalue weighted by atomic mass is 16.5. The highest BCUT2D eigenvalue weighted by Gasteiger charge is 2.44. The Labute approximate surface area is 210 Å². The van der Waals surface area contributed by atoms with E-state index in [1.165, 1.54) is 4.90 Å². The number of amides is 1. The standard InChI is InChI=1S/C29H31NO6/c1-4-5-17-35-22-14-12-21(18-24(22)34-3)26-25(27(31)23-13-11-19(2)36-23)28(32)29(33)30(26)16-15-20-9-7-6-8-10-20/h6-14,18,26,32H,4-5,15-17H2,1-3H3. The monoisotopic (exact) mass is 489 g/mol. The Morgan fingerprint density at radius 3 is 2.53 bits per heavy atom. The number of benzene rings is 2. The van der Waals surface area contributed by atoms with Crippen LogP contribution in [0.2, 0.25) is 0 Å². The number of Topliss-reactive ketones (excluding diaryl/α,β-unsaturated/α-hetero) is 1. The lowest BCUT2D eigenvalue weighted by molar-refractivity contribution is -0.129. The van der Waals surface area contributed by atoms with Gasteiger partial charge in [-0.2, -0.15) is 0 Å². The molecule has 0 saturated heterocycles. The van der Waals surface area contributed by atoms with Gasteiger partial charge in [-0.05, 0) is 55.2 Å². The predicted molar refractivity (Wildman–Crippen MR) is 135 cm³/mol. The maximum absolute atomic E-state index is 13.5. The Kier molecular flexibility index (Phi) is 7.78. The number of rotatable bonds is 11. The topological polar surface area (TPSA) is 89.2 Å². The largest absolute Gasteiger partial charge is 0.503 e. The van der Waals surface area contributed by atoms with Crippen molar-refractivity contribution in [1.29, 1.82) is 0 Å². The van der Waals surface area contributed by atoms with Crippen LogP contribution in [0.3, 0.4) is 0 Å². The van der Waals surface area contributed by atoms with E-state index in [0.29, 0.717) is 42.4 Å². The molecule has 0 bridgehead atoms. The Morgan fingerprint density at radius 1 is 1.08 bits per heavy atom. The summed E-state index contributed by atoms with van der Waals surface area (Å²) in [4.78, 5) is 28.2. The van der Waals surface area contributed by atoms with E-state index in [2.05, 4.69) is 6.92 Å². The van der Waals surface area contributed by atoms with Gasteiger partial charge >= 0.3 is 0 Å². The van der Waals surface area contributed by atoms with Gasteiger partial charge in [-0.15, -0.1) is 0 Å². The number of aliphatic hydroxyl groups is 1. The number of carbonyl (C=O) groups excluding carboxylic acids is 2. The molecule has 0 fully saturated rings. The molecule has 2 heterocycles. The van der Waals surface area contributed by atoms with Crippen molar-refractivity contribution < 1.29 is 28.6 Å². The molecule has 0 aliphatic carbocycles. The normalized spacial score (nSPS) is 15.5. The molecule has 7 heteroatoms. The molecule has 1 amide bonds. The second-order valence-electron chi connectivity index (χ2n) is 8.75. The summed E-state index contributed by atoms with van der Waals surface area (Å²) in [6, 6.07) is 17.5. The molecule has 1 N–H and O–H groups in total. The SMILES string of the molecule is CCCCOc1ccc(C2C(C(=O)c3ccc(C)o3)=C(O)C(=O)N2CCc2ccccc2)cc1OC. The van der Waals surface area contributed by atoms with Gasteiger partial charge < -0.3 is 23.9 Å². The van der Waals surface area contributed by atoms with Crippen LogP contribution in [0, 0.1) is 6.92 Å². The summed E-state index contributed by atoms with van der Waals surface area (Å²) in [6.07, 6.45) is 2.48. The molecule has 3 aromatic rings. The highest BCUT2D eigenvalue weighted by Crippen LogP contribution is 2.42. The smallest absolute Gasteiger partial charge is 0.290 e. The molecular weight excluding hydrogens is 458 g/mol. The van der Waals surface area contributed by atoms with Crippen LogP contribution < -0.4 is 9.47 Å². The van der Waals surface area contributed by atoms with E-state index in [9.17, 15) is 14.7 Å². The number of aliphatic hydroxyl groups excluding tert-OH is 1. The van der Waals surface area contributed by atoms with Crippen molar-refractivity contribution in [1.82, 2.24) is 4.90 Å². The van der Waals surface area contributed by atoms with Crippen LogP contribution in [0.5, 0.6) is 11.5 Å². The molecule has 0 saturated carbocycles. The molecule has 1 atom stereocenters. The second-order valence-corrected chi connectivity index (χ2v) is 8.75. The Morgan fingerprint density at radius 2 is 1.86 bits per heavy atom. The number of unbranched alkanes of at least 4 members (excludes halogenated alkanes) is 1. The summed E-state index contributed by atoms with van der Waals surface area (Å²) in [6.45, 7) is 4.68. The fourth-order valence-corrected chi connectivity index (χ4v) is 4.35. The molecule has 1 aliphatic heterocycles. The Balaban J connectivity index is 1.72. The van der Waals surface area contributed by atoms with Crippen LogP contribution in [0.15, 0.2) is 76.4 Å². The number of nitrogens with zero attached hydrogens (tertiary/aromatic N) is 1. The zero-order valence-corrected chi connectivity index (χ0v) is 20.8. The third-order valence-corrected chi connectivity index (χ3v) is 6.26. The van der Waals surface area contributed by atoms with E-state index in [4.69, 9.17) is 13.9 Å². The van der Waals surface area contributed by atoms with Gasteiger partial charge in [-0.1, -0.05) is 49.7 Å². The van der Waals surface area contributed by atoms with Crippen LogP contribution in [0.4, 0.5) is 0 Å². The molecule has 7 nitrogen and oxygen atoms in total. The Hall–Kier alpha value is -4.00. The highest BCUT2D eigenvalue weighted by molar-refractivity contribution is 6.15. The van der Waals surface area contributed by atoms with E-state index in [-0.39, 0.29) is 11.3 Å². The van der Waals surface area contributed by atoms with Gasteiger partial charge in [0.25, 0.3) is 5.91 Å². The predicted octanol–water partition coefficient (Wildman–Crippen LogP) is 5.60. The third-order valence-electron chi connectivity index (χ3n) is 6.26. The first kappa shape index (κ1) is 25.1. The van der Waals surface area contributed by atoms with Gasteiger partial charge in [0, 0.05) is 6.54 Å². The molecule has 4 rings (SSSR count). The van der Waals surface area contributed by atoms with Gasteiger partial charge in [0.1, 0.15) is 5.76 Å². The number of carbonyl (C=O) groups is 2. The number of aryl methyl sites for hydroxylation is 1. The number of hydrogen-bond acceptors (Lipinski definition) is 6. The number of methoxy groups -OCH3 is 1. The van der Waals surface area contributed by atoms with Crippen LogP contribution in [0.25, 0.3) is 0 Å². The second kappa shape index (κ2) is 11.2. The summed E-state index contributed by atoms with van der Waals surface area (Å²) in [7, 11) is 1.55. The molecule has 0 radical (unpaired) electrons. The zero-order valence-electron chi connectivity index (χ0n) is 20.8. The number of furan rings is 1. The number of ketones is 1. The first-order valence-electron chi connectivity index (χ1n) is 12.1. The van der Waals surface area contributed by atoms with E-state index in [1.807, 2.05) is 30.3 Å². The number of hydrogen-bond donors (Lipinski definition) is 1. The van der Waals surface area contributed by atoms with E-state index < -0.39 is 23.5 Å². The van der Waals surface area contributed by atoms with Crippen molar-refractivity contribution >= 4 is 11.7 Å².